The molecule has 0 aromatic heterocycles. The number of alkyl halides is 3. The number of halogens is 3. The third-order valence-corrected chi connectivity index (χ3v) is 2.95. The molecule has 1 N–H and O–H groups in total. The minimum absolute atomic E-state index is 0.0830. The van der Waals surface area contributed by atoms with Crippen LogP contribution in [0, 0.1) is 11.8 Å². The molecule has 1 amide bonds. The van der Waals surface area contributed by atoms with Gasteiger partial charge in [0, 0.05) is 12.0 Å². The molecular formula is C11H18F3NO. The van der Waals surface area contributed by atoms with Gasteiger partial charge in [0.05, 0.1) is 5.92 Å². The summed E-state index contributed by atoms with van der Waals surface area (Å²) >= 11 is 0. The lowest BCUT2D eigenvalue weighted by molar-refractivity contribution is -0.198. The molecule has 2 atom stereocenters. The summed E-state index contributed by atoms with van der Waals surface area (Å²) < 4.78 is 38.1. The van der Waals surface area contributed by atoms with Crippen LogP contribution in [0.4, 0.5) is 13.2 Å². The second kappa shape index (κ2) is 5.06. The van der Waals surface area contributed by atoms with Crippen molar-refractivity contribution in [1.82, 2.24) is 5.32 Å². The van der Waals surface area contributed by atoms with Crippen LogP contribution in [0.1, 0.15) is 39.5 Å². The number of rotatable bonds is 2. The highest BCUT2D eigenvalue weighted by atomic mass is 19.4. The maximum Gasteiger partial charge on any atom is 0.392 e. The molecule has 94 valence electrons. The number of amides is 1. The SMILES string of the molecule is CC(C)NC(=O)C1CCCCC1C(F)(F)F. The van der Waals surface area contributed by atoms with E-state index in [4.69, 9.17) is 0 Å². The Morgan fingerprint density at radius 2 is 1.81 bits per heavy atom. The van der Waals surface area contributed by atoms with Crippen LogP contribution in [0.15, 0.2) is 0 Å². The van der Waals surface area contributed by atoms with Crippen LogP contribution in [0.5, 0.6) is 0 Å². The number of carbonyl (C=O) groups is 1. The molecule has 5 heteroatoms. The molecule has 1 saturated carbocycles. The van der Waals surface area contributed by atoms with Crippen LogP contribution in [-0.2, 0) is 4.79 Å². The first-order valence-electron chi connectivity index (χ1n) is 5.69. The van der Waals surface area contributed by atoms with Gasteiger partial charge in [-0.2, -0.15) is 13.2 Å². The maximum absolute atomic E-state index is 12.7. The summed E-state index contributed by atoms with van der Waals surface area (Å²) in [6.45, 7) is 3.51. The molecule has 1 aliphatic carbocycles. The van der Waals surface area contributed by atoms with E-state index in [-0.39, 0.29) is 12.5 Å². The molecule has 0 aromatic rings. The monoisotopic (exact) mass is 237 g/mol. The van der Waals surface area contributed by atoms with E-state index in [2.05, 4.69) is 5.32 Å². The Bertz CT molecular complexity index is 250. The predicted molar refractivity (Wildman–Crippen MR) is 54.8 cm³/mol. The summed E-state index contributed by atoms with van der Waals surface area (Å²) in [4.78, 5) is 11.7. The van der Waals surface area contributed by atoms with Crippen molar-refractivity contribution < 1.29 is 18.0 Å². The third-order valence-electron chi connectivity index (χ3n) is 2.95. The van der Waals surface area contributed by atoms with Gasteiger partial charge < -0.3 is 5.32 Å². The number of hydrogen-bond donors (Lipinski definition) is 1. The van der Waals surface area contributed by atoms with Crippen molar-refractivity contribution in [1.29, 1.82) is 0 Å². The van der Waals surface area contributed by atoms with Crippen molar-refractivity contribution in [2.75, 3.05) is 0 Å². The molecule has 1 aliphatic rings. The smallest absolute Gasteiger partial charge is 0.354 e. The fourth-order valence-electron chi connectivity index (χ4n) is 2.23. The van der Waals surface area contributed by atoms with E-state index in [1.807, 2.05) is 0 Å². The van der Waals surface area contributed by atoms with Gasteiger partial charge in [-0.05, 0) is 26.7 Å². The Morgan fingerprint density at radius 3 is 2.31 bits per heavy atom. The van der Waals surface area contributed by atoms with Gasteiger partial charge in [-0.1, -0.05) is 12.8 Å². The first-order valence-corrected chi connectivity index (χ1v) is 5.69. The fourth-order valence-corrected chi connectivity index (χ4v) is 2.23. The van der Waals surface area contributed by atoms with Crippen LogP contribution in [-0.4, -0.2) is 18.1 Å². The van der Waals surface area contributed by atoms with Gasteiger partial charge in [0.15, 0.2) is 0 Å². The number of carbonyl (C=O) groups excluding carboxylic acids is 1. The zero-order chi connectivity index (χ0) is 12.3. The average Bonchev–Trinajstić information content (AvgIpc) is 2.15. The molecule has 16 heavy (non-hydrogen) atoms. The highest BCUT2D eigenvalue weighted by molar-refractivity contribution is 5.79. The molecule has 2 unspecified atom stereocenters. The summed E-state index contributed by atoms with van der Waals surface area (Å²) in [6, 6.07) is -0.108. The summed E-state index contributed by atoms with van der Waals surface area (Å²) in [6.07, 6.45) is -2.54. The Hall–Kier alpha value is -0.740. The van der Waals surface area contributed by atoms with E-state index in [9.17, 15) is 18.0 Å². The Kier molecular flexibility index (Phi) is 4.21. The average molecular weight is 237 g/mol. The minimum Gasteiger partial charge on any atom is -0.354 e. The van der Waals surface area contributed by atoms with Gasteiger partial charge in [0.2, 0.25) is 5.91 Å². The van der Waals surface area contributed by atoms with Gasteiger partial charge >= 0.3 is 6.18 Å². The van der Waals surface area contributed by atoms with Crippen LogP contribution in [0.2, 0.25) is 0 Å². The van der Waals surface area contributed by atoms with Gasteiger partial charge in [-0.25, -0.2) is 0 Å². The highest BCUT2D eigenvalue weighted by Gasteiger charge is 2.47. The quantitative estimate of drug-likeness (QED) is 0.786. The Morgan fingerprint density at radius 1 is 1.25 bits per heavy atom. The van der Waals surface area contributed by atoms with Crippen molar-refractivity contribution in [2.24, 2.45) is 11.8 Å². The lowest BCUT2D eigenvalue weighted by atomic mass is 9.78. The van der Waals surface area contributed by atoms with E-state index in [1.54, 1.807) is 13.8 Å². The van der Waals surface area contributed by atoms with Crippen molar-refractivity contribution in [3.8, 4) is 0 Å². The minimum atomic E-state index is -4.25. The zero-order valence-corrected chi connectivity index (χ0v) is 9.60. The molecule has 1 fully saturated rings. The lowest BCUT2D eigenvalue weighted by Gasteiger charge is -2.32. The molecule has 0 aliphatic heterocycles. The van der Waals surface area contributed by atoms with E-state index in [1.165, 1.54) is 0 Å². The molecule has 0 spiro atoms. The first-order chi connectivity index (χ1) is 7.32. The molecule has 0 radical (unpaired) electrons. The van der Waals surface area contributed by atoms with Crippen LogP contribution in [0.25, 0.3) is 0 Å². The molecular weight excluding hydrogens is 219 g/mol. The Balaban J connectivity index is 2.70. The van der Waals surface area contributed by atoms with Crippen molar-refractivity contribution in [3.05, 3.63) is 0 Å². The van der Waals surface area contributed by atoms with Gasteiger partial charge in [0.25, 0.3) is 0 Å². The second-order valence-corrected chi connectivity index (χ2v) is 4.70. The fraction of sp³-hybridized carbons (Fsp3) is 0.909. The summed E-state index contributed by atoms with van der Waals surface area (Å²) in [7, 11) is 0. The Labute approximate surface area is 93.6 Å². The van der Waals surface area contributed by atoms with Crippen LogP contribution in [0.3, 0.4) is 0 Å². The zero-order valence-electron chi connectivity index (χ0n) is 9.60. The number of nitrogens with one attached hydrogen (secondary N) is 1. The van der Waals surface area contributed by atoms with Gasteiger partial charge in [0.1, 0.15) is 0 Å². The van der Waals surface area contributed by atoms with E-state index in [0.717, 1.165) is 0 Å². The van der Waals surface area contributed by atoms with Crippen molar-refractivity contribution in [2.45, 2.75) is 51.7 Å². The van der Waals surface area contributed by atoms with Crippen LogP contribution >= 0.6 is 0 Å². The summed E-state index contributed by atoms with van der Waals surface area (Å²) in [5.74, 6) is -2.80. The maximum atomic E-state index is 12.7. The van der Waals surface area contributed by atoms with E-state index < -0.39 is 23.9 Å². The predicted octanol–water partition coefficient (Wildman–Crippen LogP) is 2.88. The molecule has 0 heterocycles. The first kappa shape index (κ1) is 13.3. The molecule has 0 saturated heterocycles. The third kappa shape index (κ3) is 3.39. The normalized spacial score (nSPS) is 26.9. The topological polar surface area (TPSA) is 29.1 Å². The molecule has 0 aromatic carbocycles. The van der Waals surface area contributed by atoms with E-state index >= 15 is 0 Å². The largest absolute Gasteiger partial charge is 0.392 e. The summed E-state index contributed by atoms with van der Waals surface area (Å²) in [5.41, 5.74) is 0. The van der Waals surface area contributed by atoms with Gasteiger partial charge in [-0.15, -0.1) is 0 Å². The van der Waals surface area contributed by atoms with Gasteiger partial charge in [-0.3, -0.25) is 4.79 Å². The summed E-state index contributed by atoms with van der Waals surface area (Å²) in [5, 5.41) is 2.58. The van der Waals surface area contributed by atoms with Crippen molar-refractivity contribution >= 4 is 5.91 Å². The molecule has 2 nitrogen and oxygen atoms in total. The highest BCUT2D eigenvalue weighted by Crippen LogP contribution is 2.41. The van der Waals surface area contributed by atoms with Crippen LogP contribution < -0.4 is 5.32 Å². The second-order valence-electron chi connectivity index (χ2n) is 4.70. The molecule has 0 bridgehead atoms. The lowest BCUT2D eigenvalue weighted by Crippen LogP contribution is -2.44. The molecule has 1 rings (SSSR count). The standard InChI is InChI=1S/C11H18F3NO/c1-7(2)15-10(16)8-5-3-4-6-9(8)11(12,13)14/h7-9H,3-6H2,1-2H3,(H,15,16). The number of hydrogen-bond acceptors (Lipinski definition) is 1. The van der Waals surface area contributed by atoms with E-state index in [0.29, 0.717) is 19.3 Å². The van der Waals surface area contributed by atoms with Crippen molar-refractivity contribution in [3.63, 3.8) is 0 Å².